The topological polar surface area (TPSA) is 55.6 Å². The largest absolute Gasteiger partial charge is 0.398 e. The van der Waals surface area contributed by atoms with Gasteiger partial charge in [0.2, 0.25) is 0 Å². The zero-order valence-corrected chi connectivity index (χ0v) is 8.57. The Balaban J connectivity index is 3.06. The van der Waals surface area contributed by atoms with Gasteiger partial charge in [-0.05, 0) is 25.1 Å². The molecule has 76 valence electrons. The van der Waals surface area contributed by atoms with Gasteiger partial charge in [0.05, 0.1) is 12.8 Å². The van der Waals surface area contributed by atoms with E-state index in [9.17, 15) is 4.79 Å². The summed E-state index contributed by atoms with van der Waals surface area (Å²) in [5, 5.41) is 1.57. The Morgan fingerprint density at radius 3 is 2.57 bits per heavy atom. The zero-order valence-electron chi connectivity index (χ0n) is 8.57. The molecule has 0 bridgehead atoms. The molecule has 14 heavy (non-hydrogen) atoms. The maximum Gasteiger partial charge on any atom is 0.161 e. The first-order valence-corrected chi connectivity index (χ1v) is 4.24. The molecule has 0 fully saturated rings. The van der Waals surface area contributed by atoms with Crippen LogP contribution in [0.15, 0.2) is 18.2 Å². The third-order valence-corrected chi connectivity index (χ3v) is 2.05. The lowest BCUT2D eigenvalue weighted by Gasteiger charge is -2.16. The molecule has 0 saturated carbocycles. The van der Waals surface area contributed by atoms with E-state index in [1.54, 1.807) is 37.4 Å². The van der Waals surface area contributed by atoms with Crippen LogP contribution in [-0.2, 0) is 4.84 Å². The molecule has 4 nitrogen and oxygen atoms in total. The van der Waals surface area contributed by atoms with Crippen molar-refractivity contribution in [1.29, 1.82) is 0 Å². The number of carbonyl (C=O) groups is 1. The van der Waals surface area contributed by atoms with Gasteiger partial charge in [-0.2, -0.15) is 0 Å². The minimum atomic E-state index is -0.0332. The highest BCUT2D eigenvalue weighted by Gasteiger charge is 2.07. The molecule has 1 aromatic rings. The van der Waals surface area contributed by atoms with Crippen molar-refractivity contribution < 1.29 is 9.63 Å². The van der Waals surface area contributed by atoms with Crippen molar-refractivity contribution >= 4 is 17.2 Å². The van der Waals surface area contributed by atoms with Gasteiger partial charge in [0, 0.05) is 18.3 Å². The van der Waals surface area contributed by atoms with Crippen LogP contribution < -0.4 is 10.8 Å². The molecule has 1 aromatic carbocycles. The molecule has 1 rings (SSSR count). The number of rotatable bonds is 3. The summed E-state index contributed by atoms with van der Waals surface area (Å²) in [5.41, 5.74) is 7.54. The van der Waals surface area contributed by atoms with Crippen molar-refractivity contribution in [1.82, 2.24) is 0 Å². The van der Waals surface area contributed by atoms with Crippen molar-refractivity contribution in [2.75, 3.05) is 25.0 Å². The molecular weight excluding hydrogens is 180 g/mol. The van der Waals surface area contributed by atoms with Gasteiger partial charge in [-0.15, -0.1) is 0 Å². The van der Waals surface area contributed by atoms with E-state index in [1.165, 1.54) is 6.92 Å². The number of ketones is 1. The van der Waals surface area contributed by atoms with E-state index in [-0.39, 0.29) is 5.78 Å². The second-order valence-corrected chi connectivity index (χ2v) is 3.01. The third kappa shape index (κ3) is 2.03. The summed E-state index contributed by atoms with van der Waals surface area (Å²) < 4.78 is 0. The van der Waals surface area contributed by atoms with Crippen LogP contribution in [0.2, 0.25) is 0 Å². The van der Waals surface area contributed by atoms with E-state index < -0.39 is 0 Å². The molecule has 0 aliphatic carbocycles. The number of hydrogen-bond acceptors (Lipinski definition) is 4. The number of hydrogen-bond donors (Lipinski definition) is 1. The highest BCUT2D eigenvalue weighted by Crippen LogP contribution is 2.20. The number of hydroxylamine groups is 1. The van der Waals surface area contributed by atoms with E-state index in [1.807, 2.05) is 0 Å². The van der Waals surface area contributed by atoms with E-state index in [4.69, 9.17) is 10.6 Å². The average Bonchev–Trinajstić information content (AvgIpc) is 2.15. The van der Waals surface area contributed by atoms with Gasteiger partial charge in [0.25, 0.3) is 0 Å². The molecular formula is C10H14N2O2. The number of carbonyl (C=O) groups excluding carboxylic acids is 1. The summed E-state index contributed by atoms with van der Waals surface area (Å²) in [6, 6.07) is 5.19. The standard InChI is InChI=1S/C10H14N2O2/c1-7(13)9-5-4-8(6-10(9)11)12(2)14-3/h4-6H,11H2,1-3H3. The lowest BCUT2D eigenvalue weighted by molar-refractivity contribution is 0.101. The van der Waals surface area contributed by atoms with E-state index >= 15 is 0 Å². The lowest BCUT2D eigenvalue weighted by Crippen LogP contribution is -2.15. The number of anilines is 2. The number of nitrogens with two attached hydrogens (primary N) is 1. The Morgan fingerprint density at radius 2 is 2.14 bits per heavy atom. The first-order valence-electron chi connectivity index (χ1n) is 4.24. The Kier molecular flexibility index (Phi) is 3.09. The summed E-state index contributed by atoms with van der Waals surface area (Å²) in [7, 11) is 3.33. The Morgan fingerprint density at radius 1 is 1.50 bits per heavy atom. The van der Waals surface area contributed by atoms with E-state index in [0.717, 1.165) is 5.69 Å². The van der Waals surface area contributed by atoms with Crippen LogP contribution in [0.1, 0.15) is 17.3 Å². The van der Waals surface area contributed by atoms with Gasteiger partial charge in [-0.25, -0.2) is 0 Å². The molecule has 0 aromatic heterocycles. The monoisotopic (exact) mass is 194 g/mol. The highest BCUT2D eigenvalue weighted by molar-refractivity contribution is 5.99. The summed E-state index contributed by atoms with van der Waals surface area (Å²) in [4.78, 5) is 16.1. The smallest absolute Gasteiger partial charge is 0.161 e. The van der Waals surface area contributed by atoms with Crippen molar-refractivity contribution in [2.24, 2.45) is 0 Å². The first-order chi connectivity index (χ1) is 6.56. The van der Waals surface area contributed by atoms with E-state index in [0.29, 0.717) is 11.3 Å². The summed E-state index contributed by atoms with van der Waals surface area (Å²) in [5.74, 6) is -0.0332. The first kappa shape index (κ1) is 10.5. The normalized spacial score (nSPS) is 9.93. The van der Waals surface area contributed by atoms with Crippen LogP contribution >= 0.6 is 0 Å². The average molecular weight is 194 g/mol. The van der Waals surface area contributed by atoms with Gasteiger partial charge in [-0.3, -0.25) is 14.7 Å². The minimum Gasteiger partial charge on any atom is -0.398 e. The van der Waals surface area contributed by atoms with Gasteiger partial charge in [-0.1, -0.05) is 0 Å². The molecule has 0 spiro atoms. The third-order valence-electron chi connectivity index (χ3n) is 2.05. The molecule has 0 unspecified atom stereocenters. The van der Waals surface area contributed by atoms with Crippen LogP contribution in [0.3, 0.4) is 0 Å². The molecule has 0 saturated heterocycles. The predicted molar refractivity (Wildman–Crippen MR) is 56.3 cm³/mol. The molecule has 0 atom stereocenters. The quantitative estimate of drug-likeness (QED) is 0.449. The van der Waals surface area contributed by atoms with Crippen molar-refractivity contribution in [3.63, 3.8) is 0 Å². The van der Waals surface area contributed by atoms with E-state index in [2.05, 4.69) is 0 Å². The maximum atomic E-state index is 11.1. The van der Waals surface area contributed by atoms with Crippen molar-refractivity contribution in [3.8, 4) is 0 Å². The van der Waals surface area contributed by atoms with Crippen LogP contribution in [0, 0.1) is 0 Å². The minimum absolute atomic E-state index is 0.0332. The fourth-order valence-corrected chi connectivity index (χ4v) is 1.17. The highest BCUT2D eigenvalue weighted by atomic mass is 16.7. The molecule has 0 amide bonds. The lowest BCUT2D eigenvalue weighted by atomic mass is 10.1. The number of benzene rings is 1. The Bertz CT molecular complexity index is 350. The molecule has 0 heterocycles. The second kappa shape index (κ2) is 4.11. The maximum absolute atomic E-state index is 11.1. The molecule has 2 N–H and O–H groups in total. The molecule has 0 aliphatic rings. The SMILES string of the molecule is CON(C)c1ccc(C(C)=O)c(N)c1. The zero-order chi connectivity index (χ0) is 10.7. The second-order valence-electron chi connectivity index (χ2n) is 3.01. The van der Waals surface area contributed by atoms with Gasteiger partial charge in [0.1, 0.15) is 0 Å². The summed E-state index contributed by atoms with van der Waals surface area (Å²) in [6.07, 6.45) is 0. The van der Waals surface area contributed by atoms with Crippen molar-refractivity contribution in [3.05, 3.63) is 23.8 Å². The molecule has 4 heteroatoms. The van der Waals surface area contributed by atoms with Crippen LogP contribution in [0.5, 0.6) is 0 Å². The number of Topliss-reactive ketones (excluding diaryl/α,β-unsaturated/α-hetero) is 1. The fourth-order valence-electron chi connectivity index (χ4n) is 1.17. The molecule has 0 aliphatic heterocycles. The Hall–Kier alpha value is -1.55. The summed E-state index contributed by atoms with van der Waals surface area (Å²) >= 11 is 0. The van der Waals surface area contributed by atoms with Crippen molar-refractivity contribution in [2.45, 2.75) is 6.92 Å². The molecule has 0 radical (unpaired) electrons. The summed E-state index contributed by atoms with van der Waals surface area (Å²) in [6.45, 7) is 1.49. The number of nitrogen functional groups attached to an aromatic ring is 1. The fraction of sp³-hybridized carbons (Fsp3) is 0.300. The van der Waals surface area contributed by atoms with Gasteiger partial charge < -0.3 is 5.73 Å². The van der Waals surface area contributed by atoms with Crippen LogP contribution in [0.4, 0.5) is 11.4 Å². The van der Waals surface area contributed by atoms with Crippen LogP contribution in [0.25, 0.3) is 0 Å². The predicted octanol–water partition coefficient (Wildman–Crippen LogP) is 1.47. The number of nitrogens with zero attached hydrogens (tertiary/aromatic N) is 1. The van der Waals surface area contributed by atoms with Crippen LogP contribution in [-0.4, -0.2) is 19.9 Å². The van der Waals surface area contributed by atoms with Gasteiger partial charge in [0.15, 0.2) is 5.78 Å². The van der Waals surface area contributed by atoms with Gasteiger partial charge >= 0.3 is 0 Å². The Labute approximate surface area is 83.2 Å².